The van der Waals surface area contributed by atoms with E-state index < -0.39 is 9.84 Å². The number of sulfone groups is 1. The molecule has 0 aliphatic carbocycles. The van der Waals surface area contributed by atoms with E-state index in [1.165, 1.54) is 23.5 Å². The standard InChI is InChI=1S/C13H14N2O3S2.ClH/c1-8-9(13(16)14-2)4-5-11(20(3,17)18)12(8)10-6-15-7-19-10;/h4-7H,1-3H3,(H,14,16);1H. The maximum Gasteiger partial charge on any atom is 0.251 e. The molecular weight excluding hydrogens is 332 g/mol. The molecule has 2 rings (SSSR count). The topological polar surface area (TPSA) is 76.1 Å². The van der Waals surface area contributed by atoms with E-state index >= 15 is 0 Å². The molecule has 0 aliphatic rings. The van der Waals surface area contributed by atoms with Gasteiger partial charge in [-0.05, 0) is 24.6 Å². The lowest BCUT2D eigenvalue weighted by Crippen LogP contribution is -2.19. The van der Waals surface area contributed by atoms with Crippen LogP contribution in [0.3, 0.4) is 0 Å². The lowest BCUT2D eigenvalue weighted by Gasteiger charge is -2.13. The number of halogens is 1. The Hall–Kier alpha value is -1.44. The zero-order valence-corrected chi connectivity index (χ0v) is 14.2. The van der Waals surface area contributed by atoms with Crippen LogP contribution in [0.1, 0.15) is 15.9 Å². The van der Waals surface area contributed by atoms with Crippen molar-refractivity contribution in [3.05, 3.63) is 35.0 Å². The first-order valence-corrected chi connectivity index (χ1v) is 8.58. The van der Waals surface area contributed by atoms with Crippen LogP contribution in [0, 0.1) is 6.92 Å². The van der Waals surface area contributed by atoms with Gasteiger partial charge < -0.3 is 5.32 Å². The number of hydrogen-bond acceptors (Lipinski definition) is 5. The fourth-order valence-corrected chi connectivity index (χ4v) is 3.77. The third-order valence-corrected chi connectivity index (χ3v) is 4.91. The van der Waals surface area contributed by atoms with Crippen LogP contribution in [-0.2, 0) is 9.84 Å². The molecule has 0 saturated heterocycles. The first-order chi connectivity index (χ1) is 9.36. The predicted octanol–water partition coefficient (Wildman–Crippen LogP) is 2.30. The van der Waals surface area contributed by atoms with Crippen LogP contribution < -0.4 is 5.32 Å². The molecule has 21 heavy (non-hydrogen) atoms. The SMILES string of the molecule is CNC(=O)c1ccc(S(C)(=O)=O)c(-c2cncs2)c1C.Cl. The van der Waals surface area contributed by atoms with Crippen molar-refractivity contribution in [3.63, 3.8) is 0 Å². The summed E-state index contributed by atoms with van der Waals surface area (Å²) < 4.78 is 23.9. The Kier molecular flexibility index (Phi) is 5.49. The Bertz CT molecular complexity index is 756. The number of thiazole rings is 1. The Morgan fingerprint density at radius 2 is 2.00 bits per heavy atom. The van der Waals surface area contributed by atoms with Crippen LogP contribution in [0.5, 0.6) is 0 Å². The van der Waals surface area contributed by atoms with E-state index in [1.807, 2.05) is 0 Å². The normalized spacial score (nSPS) is 10.8. The van der Waals surface area contributed by atoms with Gasteiger partial charge in [0.1, 0.15) is 0 Å². The van der Waals surface area contributed by atoms with E-state index in [0.29, 0.717) is 16.7 Å². The second-order valence-corrected chi connectivity index (χ2v) is 7.20. The average Bonchev–Trinajstić information content (AvgIpc) is 2.89. The van der Waals surface area contributed by atoms with E-state index in [9.17, 15) is 13.2 Å². The molecule has 1 aromatic carbocycles. The first-order valence-electron chi connectivity index (χ1n) is 5.81. The molecule has 1 heterocycles. The molecule has 0 spiro atoms. The number of aromatic nitrogens is 1. The quantitative estimate of drug-likeness (QED) is 0.925. The second kappa shape index (κ2) is 6.55. The van der Waals surface area contributed by atoms with Crippen molar-refractivity contribution in [2.75, 3.05) is 13.3 Å². The van der Waals surface area contributed by atoms with Crippen molar-refractivity contribution in [3.8, 4) is 10.4 Å². The van der Waals surface area contributed by atoms with Crippen molar-refractivity contribution in [2.45, 2.75) is 11.8 Å². The number of carbonyl (C=O) groups is 1. The highest BCUT2D eigenvalue weighted by atomic mass is 35.5. The molecular formula is C13H15ClN2O3S2. The van der Waals surface area contributed by atoms with E-state index in [1.54, 1.807) is 25.7 Å². The van der Waals surface area contributed by atoms with Gasteiger partial charge in [0, 0.05) is 30.6 Å². The molecule has 0 saturated carbocycles. The Morgan fingerprint density at radius 3 is 2.48 bits per heavy atom. The van der Waals surface area contributed by atoms with E-state index in [2.05, 4.69) is 10.3 Å². The molecule has 8 heteroatoms. The van der Waals surface area contributed by atoms with E-state index in [4.69, 9.17) is 0 Å². The van der Waals surface area contributed by atoms with Crippen LogP contribution in [0.4, 0.5) is 0 Å². The maximum absolute atomic E-state index is 11.9. The molecule has 1 amide bonds. The average molecular weight is 347 g/mol. The maximum atomic E-state index is 11.9. The third kappa shape index (κ3) is 3.42. The number of rotatable bonds is 3. The third-order valence-electron chi connectivity index (χ3n) is 2.98. The van der Waals surface area contributed by atoms with Gasteiger partial charge in [-0.1, -0.05) is 0 Å². The molecule has 0 bridgehead atoms. The number of nitrogens with one attached hydrogen (secondary N) is 1. The minimum absolute atomic E-state index is 0. The summed E-state index contributed by atoms with van der Waals surface area (Å²) in [7, 11) is -1.84. The fraction of sp³-hybridized carbons (Fsp3) is 0.231. The van der Waals surface area contributed by atoms with Crippen molar-refractivity contribution < 1.29 is 13.2 Å². The summed E-state index contributed by atoms with van der Waals surface area (Å²) in [5, 5.41) is 2.55. The molecule has 0 unspecified atom stereocenters. The van der Waals surface area contributed by atoms with Gasteiger partial charge >= 0.3 is 0 Å². The number of hydrogen-bond donors (Lipinski definition) is 1. The van der Waals surface area contributed by atoms with Crippen LogP contribution >= 0.6 is 23.7 Å². The minimum Gasteiger partial charge on any atom is -0.355 e. The number of carbonyl (C=O) groups excluding carboxylic acids is 1. The van der Waals surface area contributed by atoms with Crippen LogP contribution in [0.2, 0.25) is 0 Å². The van der Waals surface area contributed by atoms with Gasteiger partial charge in [-0.25, -0.2) is 8.42 Å². The summed E-state index contributed by atoms with van der Waals surface area (Å²) in [6.45, 7) is 1.74. The van der Waals surface area contributed by atoms with E-state index in [0.717, 1.165) is 11.1 Å². The highest BCUT2D eigenvalue weighted by molar-refractivity contribution is 7.90. The largest absolute Gasteiger partial charge is 0.355 e. The van der Waals surface area contributed by atoms with Gasteiger partial charge in [0.15, 0.2) is 9.84 Å². The number of benzene rings is 1. The lowest BCUT2D eigenvalue weighted by molar-refractivity contribution is 0.0962. The lowest BCUT2D eigenvalue weighted by atomic mass is 10.0. The van der Waals surface area contributed by atoms with Gasteiger partial charge in [0.05, 0.1) is 15.3 Å². The zero-order chi connectivity index (χ0) is 14.9. The molecule has 1 aromatic heterocycles. The second-order valence-electron chi connectivity index (χ2n) is 4.33. The van der Waals surface area contributed by atoms with Gasteiger partial charge in [-0.3, -0.25) is 9.78 Å². The highest BCUT2D eigenvalue weighted by Gasteiger charge is 2.21. The van der Waals surface area contributed by atoms with Crippen molar-refractivity contribution in [1.29, 1.82) is 0 Å². The Balaban J connectivity index is 0.00000220. The molecule has 5 nitrogen and oxygen atoms in total. The zero-order valence-electron chi connectivity index (χ0n) is 11.7. The molecule has 114 valence electrons. The first kappa shape index (κ1) is 17.6. The Labute approximate surface area is 133 Å². The summed E-state index contributed by atoms with van der Waals surface area (Å²) in [4.78, 5) is 16.8. The summed E-state index contributed by atoms with van der Waals surface area (Å²) >= 11 is 1.34. The number of nitrogens with zero attached hydrogens (tertiary/aromatic N) is 1. The van der Waals surface area contributed by atoms with Gasteiger partial charge in [0.2, 0.25) is 0 Å². The smallest absolute Gasteiger partial charge is 0.251 e. The molecule has 2 aromatic rings. The molecule has 0 radical (unpaired) electrons. The molecule has 0 atom stereocenters. The highest BCUT2D eigenvalue weighted by Crippen LogP contribution is 2.34. The van der Waals surface area contributed by atoms with Gasteiger partial charge in [-0.2, -0.15) is 0 Å². The summed E-state index contributed by atoms with van der Waals surface area (Å²) in [6, 6.07) is 3.01. The summed E-state index contributed by atoms with van der Waals surface area (Å²) in [6.07, 6.45) is 2.77. The molecule has 0 fully saturated rings. The Morgan fingerprint density at radius 1 is 1.33 bits per heavy atom. The van der Waals surface area contributed by atoms with Crippen LogP contribution in [0.15, 0.2) is 28.7 Å². The van der Waals surface area contributed by atoms with Crippen LogP contribution in [0.25, 0.3) is 10.4 Å². The fourth-order valence-electron chi connectivity index (χ4n) is 2.02. The predicted molar refractivity (Wildman–Crippen MR) is 86.0 cm³/mol. The van der Waals surface area contributed by atoms with Gasteiger partial charge in [0.25, 0.3) is 5.91 Å². The van der Waals surface area contributed by atoms with Crippen molar-refractivity contribution in [1.82, 2.24) is 10.3 Å². The summed E-state index contributed by atoms with van der Waals surface area (Å²) in [5.41, 5.74) is 3.28. The van der Waals surface area contributed by atoms with Gasteiger partial charge in [-0.15, -0.1) is 23.7 Å². The minimum atomic E-state index is -3.38. The monoisotopic (exact) mass is 346 g/mol. The van der Waals surface area contributed by atoms with Crippen LogP contribution in [-0.4, -0.2) is 32.6 Å². The van der Waals surface area contributed by atoms with Crippen molar-refractivity contribution in [2.24, 2.45) is 0 Å². The van der Waals surface area contributed by atoms with Crippen molar-refractivity contribution >= 4 is 39.5 Å². The number of amides is 1. The molecule has 0 aliphatic heterocycles. The summed E-state index contributed by atoms with van der Waals surface area (Å²) in [5.74, 6) is -0.242. The molecule has 1 N–H and O–H groups in total. The van der Waals surface area contributed by atoms with E-state index in [-0.39, 0.29) is 23.2 Å².